The molecule has 1 aromatic rings. The van der Waals surface area contributed by atoms with E-state index in [4.69, 9.17) is 0 Å². The molecule has 0 saturated heterocycles. The van der Waals surface area contributed by atoms with Crippen molar-refractivity contribution < 1.29 is 8.42 Å². The molecule has 0 aliphatic rings. The van der Waals surface area contributed by atoms with Crippen LogP contribution in [0.4, 0.5) is 5.69 Å². The second-order valence-electron chi connectivity index (χ2n) is 4.32. The number of sulfonamides is 1. The van der Waals surface area contributed by atoms with Crippen molar-refractivity contribution in [1.82, 2.24) is 4.72 Å². The van der Waals surface area contributed by atoms with Crippen molar-refractivity contribution in [3.63, 3.8) is 0 Å². The fraction of sp³-hybridized carbons (Fsp3) is 0.538. The van der Waals surface area contributed by atoms with E-state index in [0.717, 1.165) is 13.0 Å². The Balaban J connectivity index is 2.88. The lowest BCUT2D eigenvalue weighted by Crippen LogP contribution is -2.30. The van der Waals surface area contributed by atoms with Gasteiger partial charge in [0.25, 0.3) is 0 Å². The number of hydrogen-bond donors (Lipinski definition) is 2. The van der Waals surface area contributed by atoms with E-state index in [1.165, 1.54) is 0 Å². The van der Waals surface area contributed by atoms with Gasteiger partial charge in [-0.05, 0) is 24.8 Å². The number of anilines is 1. The zero-order chi connectivity index (χ0) is 14.3. The van der Waals surface area contributed by atoms with Gasteiger partial charge in [0.15, 0.2) is 0 Å². The van der Waals surface area contributed by atoms with E-state index in [1.54, 1.807) is 30.0 Å². The molecule has 1 unspecified atom stereocenters. The van der Waals surface area contributed by atoms with Crippen molar-refractivity contribution in [3.8, 4) is 0 Å². The highest BCUT2D eigenvalue weighted by atomic mass is 32.2. The predicted molar refractivity (Wildman–Crippen MR) is 83.4 cm³/mol. The van der Waals surface area contributed by atoms with Gasteiger partial charge in [0.05, 0.1) is 5.69 Å². The summed E-state index contributed by atoms with van der Waals surface area (Å²) in [5.41, 5.74) is 0.661. The third-order valence-electron chi connectivity index (χ3n) is 2.71. The molecule has 0 aliphatic heterocycles. The van der Waals surface area contributed by atoms with Gasteiger partial charge in [0, 0.05) is 18.3 Å². The fourth-order valence-corrected chi connectivity index (χ4v) is 3.16. The number of para-hydroxylation sites is 1. The van der Waals surface area contributed by atoms with Crippen LogP contribution in [0.3, 0.4) is 0 Å². The highest BCUT2D eigenvalue weighted by molar-refractivity contribution is 7.99. The smallest absolute Gasteiger partial charge is 0.242 e. The zero-order valence-electron chi connectivity index (χ0n) is 11.6. The molecular weight excluding hydrogens is 280 g/mol. The number of hydrogen-bond acceptors (Lipinski definition) is 4. The third kappa shape index (κ3) is 5.04. The molecule has 2 N–H and O–H groups in total. The summed E-state index contributed by atoms with van der Waals surface area (Å²) in [5.74, 6) is 0. The Kier molecular flexibility index (Phi) is 6.68. The molecule has 108 valence electrons. The Hall–Kier alpha value is -0.720. The average molecular weight is 302 g/mol. The highest BCUT2D eigenvalue weighted by Gasteiger charge is 2.18. The van der Waals surface area contributed by atoms with Crippen LogP contribution in [-0.4, -0.2) is 33.0 Å². The first kappa shape index (κ1) is 16.3. The minimum atomic E-state index is -3.45. The van der Waals surface area contributed by atoms with Crippen LogP contribution in [0.5, 0.6) is 0 Å². The summed E-state index contributed by atoms with van der Waals surface area (Å²) >= 11 is 1.64. The number of nitrogens with one attached hydrogen (secondary N) is 2. The van der Waals surface area contributed by atoms with Gasteiger partial charge in [-0.25, -0.2) is 13.1 Å². The van der Waals surface area contributed by atoms with E-state index in [2.05, 4.69) is 10.0 Å². The average Bonchev–Trinajstić information content (AvgIpc) is 2.42. The first-order valence-electron chi connectivity index (χ1n) is 6.36. The summed E-state index contributed by atoms with van der Waals surface area (Å²) in [7, 11) is -3.45. The van der Waals surface area contributed by atoms with Crippen LogP contribution >= 0.6 is 11.8 Å². The Bertz CT molecular complexity index is 489. The molecule has 4 nitrogen and oxygen atoms in total. The minimum Gasteiger partial charge on any atom is -0.384 e. The molecule has 19 heavy (non-hydrogen) atoms. The van der Waals surface area contributed by atoms with Crippen LogP contribution in [0.25, 0.3) is 0 Å². The molecule has 0 bridgehead atoms. The molecule has 6 heteroatoms. The fourth-order valence-electron chi connectivity index (χ4n) is 1.49. The molecule has 1 rings (SSSR count). The topological polar surface area (TPSA) is 58.2 Å². The van der Waals surface area contributed by atoms with Gasteiger partial charge in [-0.2, -0.15) is 11.8 Å². The van der Waals surface area contributed by atoms with Gasteiger partial charge in [0.1, 0.15) is 4.90 Å². The molecule has 1 aromatic carbocycles. The van der Waals surface area contributed by atoms with Gasteiger partial charge >= 0.3 is 0 Å². The summed E-state index contributed by atoms with van der Waals surface area (Å²) in [6, 6.07) is 7.00. The second-order valence-corrected chi connectivity index (χ2v) is 7.33. The molecule has 0 saturated carbocycles. The number of rotatable bonds is 8. The predicted octanol–water partition coefficient (Wildman–Crippen LogP) is 2.54. The molecule has 0 fully saturated rings. The van der Waals surface area contributed by atoms with Crippen molar-refractivity contribution in [2.75, 3.05) is 24.7 Å². The van der Waals surface area contributed by atoms with E-state index in [9.17, 15) is 8.42 Å². The Morgan fingerprint density at radius 3 is 2.63 bits per heavy atom. The maximum atomic E-state index is 12.3. The largest absolute Gasteiger partial charge is 0.384 e. The summed E-state index contributed by atoms with van der Waals surface area (Å²) in [4.78, 5) is 0.316. The maximum absolute atomic E-state index is 12.3. The summed E-state index contributed by atoms with van der Waals surface area (Å²) in [6.07, 6.45) is 2.92. The molecule has 0 aliphatic carbocycles. The Morgan fingerprint density at radius 1 is 1.32 bits per heavy atom. The zero-order valence-corrected chi connectivity index (χ0v) is 13.3. The van der Waals surface area contributed by atoms with Crippen molar-refractivity contribution in [2.24, 2.45) is 0 Å². The van der Waals surface area contributed by atoms with Crippen LogP contribution in [0.15, 0.2) is 29.2 Å². The monoisotopic (exact) mass is 302 g/mol. The second kappa shape index (κ2) is 7.77. The summed E-state index contributed by atoms with van der Waals surface area (Å²) in [6.45, 7) is 5.23. The first-order chi connectivity index (χ1) is 9.01. The van der Waals surface area contributed by atoms with Gasteiger partial charge in [-0.15, -0.1) is 0 Å². The molecule has 0 radical (unpaired) electrons. The van der Waals surface area contributed by atoms with E-state index in [1.807, 2.05) is 26.2 Å². The van der Waals surface area contributed by atoms with Crippen LogP contribution in [0.2, 0.25) is 0 Å². The lowest BCUT2D eigenvalue weighted by Gasteiger charge is -2.14. The third-order valence-corrected chi connectivity index (χ3v) is 5.16. The maximum Gasteiger partial charge on any atom is 0.242 e. The number of thioether (sulfide) groups is 1. The van der Waals surface area contributed by atoms with Crippen LogP contribution in [0.1, 0.15) is 20.3 Å². The summed E-state index contributed by atoms with van der Waals surface area (Å²) in [5, 5.41) is 3.40. The SMILES string of the molecule is CCCNc1ccccc1S(=O)(=O)NCC(C)SC. The van der Waals surface area contributed by atoms with E-state index in [-0.39, 0.29) is 5.25 Å². The minimum absolute atomic E-state index is 0.255. The van der Waals surface area contributed by atoms with Crippen molar-refractivity contribution in [1.29, 1.82) is 0 Å². The van der Waals surface area contributed by atoms with Crippen molar-refractivity contribution in [2.45, 2.75) is 30.4 Å². The molecular formula is C13H22N2O2S2. The van der Waals surface area contributed by atoms with Crippen LogP contribution in [0, 0.1) is 0 Å². The summed E-state index contributed by atoms with van der Waals surface area (Å²) < 4.78 is 27.2. The van der Waals surface area contributed by atoms with Gasteiger partial charge in [0.2, 0.25) is 10.0 Å². The van der Waals surface area contributed by atoms with E-state index < -0.39 is 10.0 Å². The van der Waals surface area contributed by atoms with Gasteiger partial charge < -0.3 is 5.32 Å². The van der Waals surface area contributed by atoms with Crippen LogP contribution in [-0.2, 0) is 10.0 Å². The first-order valence-corrected chi connectivity index (χ1v) is 9.13. The lowest BCUT2D eigenvalue weighted by molar-refractivity contribution is 0.581. The normalized spacial score (nSPS) is 13.2. The Labute approximate surface area is 120 Å². The van der Waals surface area contributed by atoms with Gasteiger partial charge in [-0.1, -0.05) is 26.0 Å². The van der Waals surface area contributed by atoms with Crippen LogP contribution < -0.4 is 10.0 Å². The molecule has 0 spiro atoms. The van der Waals surface area contributed by atoms with E-state index >= 15 is 0 Å². The van der Waals surface area contributed by atoms with Gasteiger partial charge in [-0.3, -0.25) is 0 Å². The lowest BCUT2D eigenvalue weighted by atomic mass is 10.3. The highest BCUT2D eigenvalue weighted by Crippen LogP contribution is 2.20. The van der Waals surface area contributed by atoms with Crippen molar-refractivity contribution in [3.05, 3.63) is 24.3 Å². The Morgan fingerprint density at radius 2 is 2.00 bits per heavy atom. The number of benzene rings is 1. The molecule has 0 heterocycles. The standard InChI is InChI=1S/C13H22N2O2S2/c1-4-9-14-12-7-5-6-8-13(12)19(16,17)15-10-11(2)18-3/h5-8,11,14-15H,4,9-10H2,1-3H3. The van der Waals surface area contributed by atoms with Crippen molar-refractivity contribution >= 4 is 27.5 Å². The molecule has 0 aromatic heterocycles. The quantitative estimate of drug-likeness (QED) is 0.775. The van der Waals surface area contributed by atoms with E-state index in [0.29, 0.717) is 17.1 Å². The molecule has 0 amide bonds. The molecule has 1 atom stereocenters.